The Hall–Kier alpha value is -3.00. The average Bonchev–Trinajstić information content (AvgIpc) is 2.64. The standard InChI is InChI=1S/C20H22N2O3/c1-3-24-18-10-7-15(13-19(18)25-4-2)11-12-22-20(23)17-8-5-16(14-21)6-9-17/h5-10,13H,3-4,11-12H2,1-2H3,(H,22,23). The normalized spacial score (nSPS) is 9.96. The molecule has 0 spiro atoms. The summed E-state index contributed by atoms with van der Waals surface area (Å²) >= 11 is 0. The molecule has 1 N–H and O–H groups in total. The number of nitriles is 1. The van der Waals surface area contributed by atoms with Crippen LogP contribution in [-0.4, -0.2) is 25.7 Å². The van der Waals surface area contributed by atoms with E-state index in [0.717, 1.165) is 17.1 Å². The summed E-state index contributed by atoms with van der Waals surface area (Å²) in [5, 5.41) is 11.7. The van der Waals surface area contributed by atoms with Gasteiger partial charge >= 0.3 is 0 Å². The van der Waals surface area contributed by atoms with Crippen molar-refractivity contribution in [2.45, 2.75) is 20.3 Å². The molecule has 25 heavy (non-hydrogen) atoms. The molecular weight excluding hydrogens is 316 g/mol. The Bertz CT molecular complexity index is 749. The molecule has 0 aromatic heterocycles. The molecule has 0 unspecified atom stereocenters. The molecule has 2 aromatic carbocycles. The Balaban J connectivity index is 1.93. The van der Waals surface area contributed by atoms with Crippen molar-refractivity contribution >= 4 is 5.91 Å². The van der Waals surface area contributed by atoms with Crippen molar-refractivity contribution in [3.05, 3.63) is 59.2 Å². The third kappa shape index (κ3) is 5.25. The molecule has 0 aliphatic rings. The second-order valence-corrected chi connectivity index (χ2v) is 5.34. The molecule has 0 saturated carbocycles. The number of carbonyl (C=O) groups excluding carboxylic acids is 1. The number of hydrogen-bond acceptors (Lipinski definition) is 4. The summed E-state index contributed by atoms with van der Waals surface area (Å²) in [5.74, 6) is 1.30. The van der Waals surface area contributed by atoms with Gasteiger partial charge in [0.05, 0.1) is 24.8 Å². The monoisotopic (exact) mass is 338 g/mol. The minimum absolute atomic E-state index is 0.152. The number of carbonyl (C=O) groups is 1. The molecule has 2 aromatic rings. The maximum atomic E-state index is 12.1. The molecule has 5 nitrogen and oxygen atoms in total. The highest BCUT2D eigenvalue weighted by Crippen LogP contribution is 2.28. The number of hydrogen-bond donors (Lipinski definition) is 1. The minimum atomic E-state index is -0.152. The summed E-state index contributed by atoms with van der Waals surface area (Å²) in [7, 11) is 0. The van der Waals surface area contributed by atoms with Crippen molar-refractivity contribution in [1.82, 2.24) is 5.32 Å². The number of amides is 1. The largest absolute Gasteiger partial charge is 0.490 e. The van der Waals surface area contributed by atoms with Gasteiger partial charge in [-0.3, -0.25) is 4.79 Å². The molecule has 0 radical (unpaired) electrons. The van der Waals surface area contributed by atoms with Gasteiger partial charge in [-0.25, -0.2) is 0 Å². The third-order valence-corrected chi connectivity index (χ3v) is 3.58. The van der Waals surface area contributed by atoms with Gasteiger partial charge in [-0.2, -0.15) is 5.26 Å². The van der Waals surface area contributed by atoms with Gasteiger partial charge in [-0.05, 0) is 62.2 Å². The highest BCUT2D eigenvalue weighted by atomic mass is 16.5. The molecule has 1 amide bonds. The van der Waals surface area contributed by atoms with Gasteiger partial charge < -0.3 is 14.8 Å². The lowest BCUT2D eigenvalue weighted by Crippen LogP contribution is -2.25. The molecule has 0 bridgehead atoms. The Kier molecular flexibility index (Phi) is 6.85. The van der Waals surface area contributed by atoms with Crippen LogP contribution in [0, 0.1) is 11.3 Å². The summed E-state index contributed by atoms with van der Waals surface area (Å²) in [6.45, 7) is 5.53. The van der Waals surface area contributed by atoms with Crippen LogP contribution >= 0.6 is 0 Å². The quantitative estimate of drug-likeness (QED) is 0.801. The SMILES string of the molecule is CCOc1ccc(CCNC(=O)c2ccc(C#N)cc2)cc1OCC. The van der Waals surface area contributed by atoms with E-state index in [0.29, 0.717) is 37.3 Å². The summed E-state index contributed by atoms with van der Waals surface area (Å²) in [6, 6.07) is 14.4. The zero-order valence-corrected chi connectivity index (χ0v) is 14.5. The smallest absolute Gasteiger partial charge is 0.251 e. The second kappa shape index (κ2) is 9.33. The first kappa shape index (κ1) is 18.3. The molecule has 0 fully saturated rings. The fraction of sp³-hybridized carbons (Fsp3) is 0.300. The first-order chi connectivity index (χ1) is 12.2. The number of rotatable bonds is 8. The van der Waals surface area contributed by atoms with Gasteiger partial charge in [-0.15, -0.1) is 0 Å². The average molecular weight is 338 g/mol. The van der Waals surface area contributed by atoms with Crippen molar-refractivity contribution in [1.29, 1.82) is 5.26 Å². The van der Waals surface area contributed by atoms with E-state index in [1.807, 2.05) is 38.1 Å². The first-order valence-electron chi connectivity index (χ1n) is 8.34. The van der Waals surface area contributed by atoms with Crippen molar-refractivity contribution in [2.24, 2.45) is 0 Å². The van der Waals surface area contributed by atoms with E-state index in [1.54, 1.807) is 24.3 Å². The lowest BCUT2D eigenvalue weighted by atomic mass is 10.1. The summed E-state index contributed by atoms with van der Waals surface area (Å²) in [6.07, 6.45) is 0.689. The second-order valence-electron chi connectivity index (χ2n) is 5.34. The molecule has 0 heterocycles. The highest BCUT2D eigenvalue weighted by Gasteiger charge is 2.08. The van der Waals surface area contributed by atoms with E-state index >= 15 is 0 Å². The Morgan fingerprint density at radius 3 is 2.36 bits per heavy atom. The van der Waals surface area contributed by atoms with Gasteiger partial charge in [0.2, 0.25) is 0 Å². The van der Waals surface area contributed by atoms with E-state index in [2.05, 4.69) is 5.32 Å². The fourth-order valence-electron chi connectivity index (χ4n) is 2.37. The predicted octanol–water partition coefficient (Wildman–Crippen LogP) is 3.33. The molecule has 5 heteroatoms. The van der Waals surface area contributed by atoms with Gasteiger partial charge in [0.25, 0.3) is 5.91 Å². The predicted molar refractivity (Wildman–Crippen MR) is 96.0 cm³/mol. The zero-order chi connectivity index (χ0) is 18.1. The summed E-state index contributed by atoms with van der Waals surface area (Å²) in [4.78, 5) is 12.1. The van der Waals surface area contributed by atoms with Crippen LogP contribution in [-0.2, 0) is 6.42 Å². The molecule has 0 saturated heterocycles. The summed E-state index contributed by atoms with van der Waals surface area (Å²) < 4.78 is 11.2. The van der Waals surface area contributed by atoms with Crippen molar-refractivity contribution in [2.75, 3.05) is 19.8 Å². The number of ether oxygens (including phenoxy) is 2. The van der Waals surface area contributed by atoms with Crippen molar-refractivity contribution in [3.63, 3.8) is 0 Å². The van der Waals surface area contributed by atoms with Crippen LogP contribution in [0.25, 0.3) is 0 Å². The summed E-state index contributed by atoms with van der Waals surface area (Å²) in [5.41, 5.74) is 2.14. The molecule has 0 aliphatic heterocycles. The van der Waals surface area contributed by atoms with Gasteiger partial charge in [0, 0.05) is 12.1 Å². The fourth-order valence-corrected chi connectivity index (χ4v) is 2.37. The van der Waals surface area contributed by atoms with E-state index in [1.165, 1.54) is 0 Å². The van der Waals surface area contributed by atoms with Crippen LogP contribution in [0.4, 0.5) is 0 Å². The molecule has 0 aliphatic carbocycles. The van der Waals surface area contributed by atoms with E-state index in [4.69, 9.17) is 14.7 Å². The number of benzene rings is 2. The van der Waals surface area contributed by atoms with Gasteiger partial charge in [0.15, 0.2) is 11.5 Å². The van der Waals surface area contributed by atoms with Crippen LogP contribution in [0.15, 0.2) is 42.5 Å². The zero-order valence-electron chi connectivity index (χ0n) is 14.5. The molecule has 2 rings (SSSR count). The maximum absolute atomic E-state index is 12.1. The van der Waals surface area contributed by atoms with E-state index in [-0.39, 0.29) is 5.91 Å². The lowest BCUT2D eigenvalue weighted by molar-refractivity contribution is 0.0954. The van der Waals surface area contributed by atoms with E-state index in [9.17, 15) is 4.79 Å². The first-order valence-corrected chi connectivity index (χ1v) is 8.34. The van der Waals surface area contributed by atoms with E-state index < -0.39 is 0 Å². The number of nitrogens with zero attached hydrogens (tertiary/aromatic N) is 1. The topological polar surface area (TPSA) is 71.3 Å². The maximum Gasteiger partial charge on any atom is 0.251 e. The highest BCUT2D eigenvalue weighted by molar-refractivity contribution is 5.94. The Morgan fingerprint density at radius 2 is 1.72 bits per heavy atom. The van der Waals surface area contributed by atoms with Crippen LogP contribution in [0.3, 0.4) is 0 Å². The van der Waals surface area contributed by atoms with Crippen LogP contribution in [0.1, 0.15) is 35.3 Å². The Labute approximate surface area is 148 Å². The van der Waals surface area contributed by atoms with Crippen LogP contribution in [0.2, 0.25) is 0 Å². The van der Waals surface area contributed by atoms with Gasteiger partial charge in [0.1, 0.15) is 0 Å². The third-order valence-electron chi connectivity index (χ3n) is 3.58. The van der Waals surface area contributed by atoms with Crippen molar-refractivity contribution < 1.29 is 14.3 Å². The molecule has 0 atom stereocenters. The van der Waals surface area contributed by atoms with Crippen LogP contribution in [0.5, 0.6) is 11.5 Å². The number of nitrogens with one attached hydrogen (secondary N) is 1. The molecule has 130 valence electrons. The van der Waals surface area contributed by atoms with Gasteiger partial charge in [-0.1, -0.05) is 6.07 Å². The van der Waals surface area contributed by atoms with Crippen molar-refractivity contribution in [3.8, 4) is 17.6 Å². The Morgan fingerprint density at radius 1 is 1.04 bits per heavy atom. The lowest BCUT2D eigenvalue weighted by Gasteiger charge is -2.12. The molecular formula is C20H22N2O3. The van der Waals surface area contributed by atoms with Crippen LogP contribution < -0.4 is 14.8 Å². The minimum Gasteiger partial charge on any atom is -0.490 e.